The van der Waals surface area contributed by atoms with Gasteiger partial charge in [0.15, 0.2) is 0 Å². The van der Waals surface area contributed by atoms with Gasteiger partial charge < -0.3 is 0 Å². The van der Waals surface area contributed by atoms with Crippen LogP contribution in [0.3, 0.4) is 0 Å². The smallest absolute Gasteiger partial charge is 0.211 e. The van der Waals surface area contributed by atoms with Crippen molar-refractivity contribution in [1.29, 1.82) is 0 Å². The molecule has 0 atom stereocenters. The third-order valence-corrected chi connectivity index (χ3v) is 4.49. The van der Waals surface area contributed by atoms with E-state index in [9.17, 15) is 8.42 Å². The molecule has 0 aliphatic rings. The van der Waals surface area contributed by atoms with Gasteiger partial charge in [0.25, 0.3) is 0 Å². The van der Waals surface area contributed by atoms with Crippen molar-refractivity contribution in [3.05, 3.63) is 29.3 Å². The van der Waals surface area contributed by atoms with E-state index in [2.05, 4.69) is 25.5 Å². The molecule has 0 radical (unpaired) electrons. The summed E-state index contributed by atoms with van der Waals surface area (Å²) in [4.78, 5) is 0.392. The van der Waals surface area contributed by atoms with E-state index in [0.717, 1.165) is 17.5 Å². The molecule has 0 bridgehead atoms. The van der Waals surface area contributed by atoms with Crippen LogP contribution in [0.5, 0.6) is 0 Å². The zero-order valence-corrected chi connectivity index (χ0v) is 12.7. The Hall–Kier alpha value is -0.870. The summed E-state index contributed by atoms with van der Waals surface area (Å²) in [5, 5.41) is 0. The molecule has 0 saturated heterocycles. The Morgan fingerprint density at radius 2 is 1.83 bits per heavy atom. The van der Waals surface area contributed by atoms with Crippen molar-refractivity contribution in [2.75, 3.05) is 6.54 Å². The normalized spacial score (nSPS) is 12.7. The van der Waals surface area contributed by atoms with Gasteiger partial charge >= 0.3 is 0 Å². The summed E-state index contributed by atoms with van der Waals surface area (Å²) in [5.41, 5.74) is 1.76. The first-order chi connectivity index (χ1) is 8.18. The molecule has 4 heteroatoms. The minimum atomic E-state index is -3.39. The van der Waals surface area contributed by atoms with Gasteiger partial charge in [-0.25, -0.2) is 13.1 Å². The molecule has 0 aromatic heterocycles. The van der Waals surface area contributed by atoms with Crippen LogP contribution in [0.1, 0.15) is 45.2 Å². The van der Waals surface area contributed by atoms with Crippen LogP contribution in [-0.4, -0.2) is 15.0 Å². The fraction of sp³-hybridized carbons (Fsp3) is 0.571. The summed E-state index contributed by atoms with van der Waals surface area (Å²) in [6.07, 6.45) is 0.789. The second-order valence-corrected chi connectivity index (χ2v) is 7.36. The average molecular weight is 269 g/mol. The maximum absolute atomic E-state index is 12.2. The van der Waals surface area contributed by atoms with Crippen molar-refractivity contribution in [3.8, 4) is 0 Å². The van der Waals surface area contributed by atoms with Gasteiger partial charge in [0.1, 0.15) is 0 Å². The van der Waals surface area contributed by atoms with Crippen LogP contribution in [0.25, 0.3) is 0 Å². The van der Waals surface area contributed by atoms with E-state index in [1.807, 2.05) is 26.0 Å². The fourth-order valence-corrected chi connectivity index (χ4v) is 3.07. The second-order valence-electron chi connectivity index (χ2n) is 5.63. The predicted octanol–water partition coefficient (Wildman–Crippen LogP) is 2.98. The Bertz CT molecular complexity index is 513. The average Bonchev–Trinajstić information content (AvgIpc) is 2.25. The van der Waals surface area contributed by atoms with E-state index >= 15 is 0 Å². The monoisotopic (exact) mass is 269 g/mol. The molecule has 0 aliphatic carbocycles. The van der Waals surface area contributed by atoms with Crippen molar-refractivity contribution in [1.82, 2.24) is 4.72 Å². The third kappa shape index (κ3) is 3.56. The van der Waals surface area contributed by atoms with Crippen LogP contribution in [0.2, 0.25) is 0 Å². The van der Waals surface area contributed by atoms with Gasteiger partial charge in [0.2, 0.25) is 10.0 Å². The number of rotatable bonds is 4. The van der Waals surface area contributed by atoms with Crippen molar-refractivity contribution >= 4 is 10.0 Å². The lowest BCUT2D eigenvalue weighted by molar-refractivity contribution is 0.574. The zero-order chi connectivity index (χ0) is 14.0. The largest absolute Gasteiger partial charge is 0.240 e. The molecule has 0 fully saturated rings. The summed E-state index contributed by atoms with van der Waals surface area (Å²) in [7, 11) is -3.39. The lowest BCUT2D eigenvalue weighted by Crippen LogP contribution is -2.25. The first-order valence-corrected chi connectivity index (χ1v) is 7.77. The molecular formula is C14H23NO2S. The Morgan fingerprint density at radius 1 is 1.22 bits per heavy atom. The van der Waals surface area contributed by atoms with E-state index < -0.39 is 10.0 Å². The van der Waals surface area contributed by atoms with Crippen LogP contribution in [0, 0.1) is 6.92 Å². The highest BCUT2D eigenvalue weighted by Crippen LogP contribution is 2.26. The molecule has 1 rings (SSSR count). The summed E-state index contributed by atoms with van der Waals surface area (Å²) in [5.74, 6) is 0. The van der Waals surface area contributed by atoms with E-state index in [1.165, 1.54) is 0 Å². The molecule has 1 aromatic rings. The van der Waals surface area contributed by atoms with Crippen LogP contribution in [0.15, 0.2) is 23.1 Å². The maximum Gasteiger partial charge on any atom is 0.240 e. The number of sulfonamides is 1. The quantitative estimate of drug-likeness (QED) is 0.913. The molecule has 0 amide bonds. The molecule has 0 spiro atoms. The Labute approximate surface area is 111 Å². The highest BCUT2D eigenvalue weighted by molar-refractivity contribution is 7.89. The van der Waals surface area contributed by atoms with E-state index in [-0.39, 0.29) is 5.41 Å². The first-order valence-electron chi connectivity index (χ1n) is 6.29. The van der Waals surface area contributed by atoms with E-state index in [4.69, 9.17) is 0 Å². The molecule has 0 aliphatic heterocycles. The van der Waals surface area contributed by atoms with Crippen molar-refractivity contribution < 1.29 is 8.42 Å². The number of benzene rings is 1. The number of nitrogens with one attached hydrogen (secondary N) is 1. The van der Waals surface area contributed by atoms with Gasteiger partial charge in [-0.2, -0.15) is 0 Å². The van der Waals surface area contributed by atoms with Crippen LogP contribution < -0.4 is 4.72 Å². The SMILES string of the molecule is CCCNS(=O)(=O)c1cc(C(C)(C)C)ccc1C. The third-order valence-electron chi connectivity index (χ3n) is 2.89. The molecular weight excluding hydrogens is 246 g/mol. The van der Waals surface area contributed by atoms with E-state index in [1.54, 1.807) is 6.07 Å². The molecule has 0 saturated carbocycles. The number of hydrogen-bond acceptors (Lipinski definition) is 2. The summed E-state index contributed by atoms with van der Waals surface area (Å²) in [6, 6.07) is 5.66. The topological polar surface area (TPSA) is 46.2 Å². The van der Waals surface area contributed by atoms with Gasteiger partial charge in [0, 0.05) is 6.54 Å². The van der Waals surface area contributed by atoms with Crippen molar-refractivity contribution in [2.45, 2.75) is 51.3 Å². The van der Waals surface area contributed by atoms with Gasteiger partial charge in [-0.1, -0.05) is 39.8 Å². The fourth-order valence-electron chi connectivity index (χ4n) is 1.67. The van der Waals surface area contributed by atoms with Gasteiger partial charge in [-0.15, -0.1) is 0 Å². The summed E-state index contributed by atoms with van der Waals surface area (Å²) in [6.45, 7) is 10.5. The first kappa shape index (κ1) is 15.2. The minimum Gasteiger partial charge on any atom is -0.211 e. The standard InChI is InChI=1S/C14H23NO2S/c1-6-9-15-18(16,17)13-10-12(14(3,4)5)8-7-11(13)2/h7-8,10,15H,6,9H2,1-5H3. The van der Waals surface area contributed by atoms with Gasteiger partial charge in [0.05, 0.1) is 4.90 Å². The molecule has 1 N–H and O–H groups in total. The highest BCUT2D eigenvalue weighted by Gasteiger charge is 2.20. The van der Waals surface area contributed by atoms with Crippen molar-refractivity contribution in [3.63, 3.8) is 0 Å². The Morgan fingerprint density at radius 3 is 2.33 bits per heavy atom. The molecule has 1 aromatic carbocycles. The Balaban J connectivity index is 3.24. The minimum absolute atomic E-state index is 0.0529. The zero-order valence-electron chi connectivity index (χ0n) is 11.9. The molecule has 0 unspecified atom stereocenters. The predicted molar refractivity (Wildman–Crippen MR) is 75.4 cm³/mol. The summed E-state index contributed by atoms with van der Waals surface area (Å²) >= 11 is 0. The van der Waals surface area contributed by atoms with Crippen molar-refractivity contribution in [2.24, 2.45) is 0 Å². The lowest BCUT2D eigenvalue weighted by Gasteiger charge is -2.20. The van der Waals surface area contributed by atoms with Gasteiger partial charge in [-0.05, 0) is 36.0 Å². The van der Waals surface area contributed by atoms with Crippen LogP contribution in [-0.2, 0) is 15.4 Å². The lowest BCUT2D eigenvalue weighted by atomic mass is 9.87. The highest BCUT2D eigenvalue weighted by atomic mass is 32.2. The van der Waals surface area contributed by atoms with Crippen LogP contribution >= 0.6 is 0 Å². The number of aryl methyl sites for hydroxylation is 1. The molecule has 102 valence electrons. The molecule has 3 nitrogen and oxygen atoms in total. The molecule has 0 heterocycles. The Kier molecular flexibility index (Phi) is 4.56. The number of hydrogen-bond donors (Lipinski definition) is 1. The van der Waals surface area contributed by atoms with E-state index in [0.29, 0.717) is 11.4 Å². The van der Waals surface area contributed by atoms with Crippen LogP contribution in [0.4, 0.5) is 0 Å². The second kappa shape index (κ2) is 5.41. The molecule has 18 heavy (non-hydrogen) atoms. The van der Waals surface area contributed by atoms with Gasteiger partial charge in [-0.3, -0.25) is 0 Å². The maximum atomic E-state index is 12.2. The summed E-state index contributed by atoms with van der Waals surface area (Å²) < 4.78 is 27.0.